The van der Waals surface area contributed by atoms with Crippen LogP contribution in [-0.2, 0) is 11.3 Å². The summed E-state index contributed by atoms with van der Waals surface area (Å²) >= 11 is 6.32. The molecule has 32 heavy (non-hydrogen) atoms. The van der Waals surface area contributed by atoms with E-state index < -0.39 is 5.97 Å². The molecule has 2 heterocycles. The monoisotopic (exact) mass is 458 g/mol. The number of esters is 1. The molecule has 0 spiro atoms. The molecule has 0 atom stereocenters. The van der Waals surface area contributed by atoms with Gasteiger partial charge in [-0.15, -0.1) is 0 Å². The van der Waals surface area contributed by atoms with Gasteiger partial charge in [-0.25, -0.2) is 9.78 Å². The van der Waals surface area contributed by atoms with E-state index in [1.54, 1.807) is 29.2 Å². The number of rotatable bonds is 9. The quantitative estimate of drug-likeness (QED) is 0.473. The molecule has 0 radical (unpaired) electrons. The summed E-state index contributed by atoms with van der Waals surface area (Å²) < 4.78 is 15.7. The van der Waals surface area contributed by atoms with E-state index in [-0.39, 0.29) is 30.0 Å². The molecule has 0 unspecified atom stereocenters. The number of phenols is 1. The molecule has 0 saturated carbocycles. The van der Waals surface area contributed by atoms with Crippen molar-refractivity contribution in [3.8, 4) is 17.5 Å². The highest BCUT2D eigenvalue weighted by atomic mass is 35.5. The van der Waals surface area contributed by atoms with Gasteiger partial charge in [-0.2, -0.15) is 9.97 Å². The lowest BCUT2D eigenvalue weighted by atomic mass is 10.2. The number of halogens is 1. The fraction of sp³-hybridized carbons (Fsp3) is 0.273. The molecule has 2 aromatic heterocycles. The molecule has 1 aromatic carbocycles. The Hall–Kier alpha value is -3.59. The third-order valence-electron chi connectivity index (χ3n) is 4.43. The van der Waals surface area contributed by atoms with Gasteiger partial charge in [0.2, 0.25) is 17.7 Å². The van der Waals surface area contributed by atoms with Crippen molar-refractivity contribution >= 4 is 29.3 Å². The summed E-state index contributed by atoms with van der Waals surface area (Å²) in [5.41, 5.74) is 0.764. The van der Waals surface area contributed by atoms with Gasteiger partial charge in [-0.3, -0.25) is 4.90 Å². The average molecular weight is 459 g/mol. The normalized spacial score (nSPS) is 10.5. The van der Waals surface area contributed by atoms with Crippen molar-refractivity contribution in [2.45, 2.75) is 19.9 Å². The third-order valence-corrected chi connectivity index (χ3v) is 4.79. The smallest absolute Gasteiger partial charge is 0.339 e. The number of phenolic OH excluding ortho intramolecular Hbond substituents is 1. The number of methoxy groups -OCH3 is 2. The SMILES string of the molecule is CCCOC(=O)c1ccc(N(Cc2c(O)cccc2Cl)c2nc(OC)cc(OC)n2)nc1. The van der Waals surface area contributed by atoms with E-state index in [1.807, 2.05) is 6.92 Å². The van der Waals surface area contributed by atoms with E-state index in [0.717, 1.165) is 6.42 Å². The van der Waals surface area contributed by atoms with E-state index in [0.29, 0.717) is 28.6 Å². The third kappa shape index (κ3) is 5.36. The van der Waals surface area contributed by atoms with Crippen molar-refractivity contribution in [2.24, 2.45) is 0 Å². The minimum Gasteiger partial charge on any atom is -0.508 e. The average Bonchev–Trinajstić information content (AvgIpc) is 2.82. The number of hydrogen-bond donors (Lipinski definition) is 1. The van der Waals surface area contributed by atoms with Crippen molar-refractivity contribution in [1.82, 2.24) is 15.0 Å². The van der Waals surface area contributed by atoms with Crippen LogP contribution in [0.5, 0.6) is 17.5 Å². The van der Waals surface area contributed by atoms with Gasteiger partial charge in [0.05, 0.1) is 39.0 Å². The second kappa shape index (κ2) is 10.6. The Balaban J connectivity index is 2.04. The number of hydrogen-bond acceptors (Lipinski definition) is 9. The van der Waals surface area contributed by atoms with Gasteiger partial charge in [-0.1, -0.05) is 24.6 Å². The topological polar surface area (TPSA) is 107 Å². The van der Waals surface area contributed by atoms with Gasteiger partial charge in [-0.05, 0) is 30.7 Å². The Morgan fingerprint density at radius 2 is 1.84 bits per heavy atom. The van der Waals surface area contributed by atoms with Gasteiger partial charge in [0, 0.05) is 16.8 Å². The number of benzene rings is 1. The lowest BCUT2D eigenvalue weighted by Gasteiger charge is -2.23. The molecule has 1 N–H and O–H groups in total. The zero-order chi connectivity index (χ0) is 23.1. The number of nitrogens with zero attached hydrogens (tertiary/aromatic N) is 4. The van der Waals surface area contributed by atoms with Crippen LogP contribution in [0.3, 0.4) is 0 Å². The van der Waals surface area contributed by atoms with E-state index >= 15 is 0 Å². The van der Waals surface area contributed by atoms with Crippen molar-refractivity contribution in [2.75, 3.05) is 25.7 Å². The standard InChI is InChI=1S/C22H23ClN4O5/c1-4-10-32-21(29)14-8-9-18(24-12-14)27(13-15-16(23)6-5-7-17(15)28)22-25-19(30-2)11-20(26-22)31-3/h5-9,11-12,28H,4,10,13H2,1-3H3. The summed E-state index contributed by atoms with van der Waals surface area (Å²) in [4.78, 5) is 26.9. The molecule has 0 saturated heterocycles. The number of pyridine rings is 1. The predicted molar refractivity (Wildman–Crippen MR) is 119 cm³/mol. The van der Waals surface area contributed by atoms with Crippen LogP contribution in [-0.4, -0.2) is 46.9 Å². The molecule has 0 amide bonds. The maximum atomic E-state index is 12.1. The molecule has 0 aliphatic carbocycles. The zero-order valence-electron chi connectivity index (χ0n) is 17.9. The first-order valence-electron chi connectivity index (χ1n) is 9.81. The van der Waals surface area contributed by atoms with E-state index in [9.17, 15) is 9.90 Å². The highest BCUT2D eigenvalue weighted by Gasteiger charge is 2.21. The molecule has 3 rings (SSSR count). The molecule has 0 aliphatic rings. The van der Waals surface area contributed by atoms with Gasteiger partial charge >= 0.3 is 5.97 Å². The molecule has 0 fully saturated rings. The lowest BCUT2D eigenvalue weighted by Crippen LogP contribution is -2.21. The summed E-state index contributed by atoms with van der Waals surface area (Å²) in [6, 6.07) is 9.61. The van der Waals surface area contributed by atoms with Crippen LogP contribution in [0.25, 0.3) is 0 Å². The van der Waals surface area contributed by atoms with Crippen LogP contribution < -0.4 is 14.4 Å². The first-order valence-corrected chi connectivity index (χ1v) is 10.2. The Morgan fingerprint density at radius 1 is 1.12 bits per heavy atom. The lowest BCUT2D eigenvalue weighted by molar-refractivity contribution is 0.0504. The summed E-state index contributed by atoms with van der Waals surface area (Å²) in [7, 11) is 2.95. The van der Waals surface area contributed by atoms with Gasteiger partial charge in [0.1, 0.15) is 11.6 Å². The Labute approximate surface area is 190 Å². The maximum absolute atomic E-state index is 12.1. The van der Waals surface area contributed by atoms with E-state index in [4.69, 9.17) is 25.8 Å². The number of ether oxygens (including phenoxy) is 3. The zero-order valence-corrected chi connectivity index (χ0v) is 18.7. The first-order chi connectivity index (χ1) is 15.5. The van der Waals surface area contributed by atoms with Gasteiger partial charge < -0.3 is 19.3 Å². The van der Waals surface area contributed by atoms with E-state index in [1.165, 1.54) is 32.5 Å². The number of carbonyl (C=O) groups is 1. The number of carbonyl (C=O) groups excluding carboxylic acids is 1. The van der Waals surface area contributed by atoms with Crippen molar-refractivity contribution in [3.05, 3.63) is 58.7 Å². The highest BCUT2D eigenvalue weighted by molar-refractivity contribution is 6.31. The highest BCUT2D eigenvalue weighted by Crippen LogP contribution is 2.32. The second-order valence-electron chi connectivity index (χ2n) is 6.62. The number of aromatic hydroxyl groups is 1. The van der Waals surface area contributed by atoms with E-state index in [2.05, 4.69) is 15.0 Å². The summed E-state index contributed by atoms with van der Waals surface area (Å²) in [6.07, 6.45) is 2.13. The Bertz CT molecular complexity index is 1040. The Morgan fingerprint density at radius 3 is 2.41 bits per heavy atom. The van der Waals surface area contributed by atoms with Crippen molar-refractivity contribution in [3.63, 3.8) is 0 Å². The molecular weight excluding hydrogens is 436 g/mol. The molecule has 9 nitrogen and oxygen atoms in total. The van der Waals surface area contributed by atoms with Crippen molar-refractivity contribution in [1.29, 1.82) is 0 Å². The van der Waals surface area contributed by atoms with Crippen LogP contribution in [0.2, 0.25) is 5.02 Å². The van der Waals surface area contributed by atoms with Crippen LogP contribution in [0.15, 0.2) is 42.6 Å². The second-order valence-corrected chi connectivity index (χ2v) is 7.02. The minimum absolute atomic E-state index is 0.0112. The van der Waals surface area contributed by atoms with Gasteiger partial charge in [0.15, 0.2) is 0 Å². The van der Waals surface area contributed by atoms with Gasteiger partial charge in [0.25, 0.3) is 0 Å². The van der Waals surface area contributed by atoms with Crippen LogP contribution in [0.4, 0.5) is 11.8 Å². The van der Waals surface area contributed by atoms with Crippen molar-refractivity contribution < 1.29 is 24.1 Å². The summed E-state index contributed by atoms with van der Waals surface area (Å²) in [5.74, 6) is 0.721. The first kappa shape index (κ1) is 23.1. The molecule has 168 valence electrons. The van der Waals surface area contributed by atoms with Crippen LogP contribution >= 0.6 is 11.6 Å². The maximum Gasteiger partial charge on any atom is 0.339 e. The van der Waals surface area contributed by atoms with Crippen LogP contribution in [0.1, 0.15) is 29.3 Å². The largest absolute Gasteiger partial charge is 0.508 e. The fourth-order valence-corrected chi connectivity index (χ4v) is 3.01. The number of aromatic nitrogens is 3. The number of anilines is 2. The molecule has 0 aliphatic heterocycles. The minimum atomic E-state index is -0.458. The summed E-state index contributed by atoms with van der Waals surface area (Å²) in [6.45, 7) is 2.34. The fourth-order valence-electron chi connectivity index (χ4n) is 2.78. The molecule has 0 bridgehead atoms. The predicted octanol–water partition coefficient (Wildman–Crippen LogP) is 4.15. The molecule has 10 heteroatoms. The molecular formula is C22H23ClN4O5. The Kier molecular flexibility index (Phi) is 7.67. The summed E-state index contributed by atoms with van der Waals surface area (Å²) in [5, 5.41) is 10.7. The van der Waals surface area contributed by atoms with Crippen LogP contribution in [0, 0.1) is 0 Å². The molecule has 3 aromatic rings.